The number of aryl methyl sites for hydroxylation is 1. The highest BCUT2D eigenvalue weighted by Crippen LogP contribution is 2.20. The number of hydrogen-bond acceptors (Lipinski definition) is 5. The number of methoxy groups -OCH3 is 1. The summed E-state index contributed by atoms with van der Waals surface area (Å²) in [6.07, 6.45) is 1.82. The number of thiazole rings is 1. The molecule has 1 aromatic heterocycles. The lowest BCUT2D eigenvalue weighted by Crippen LogP contribution is -2.46. The van der Waals surface area contributed by atoms with Crippen LogP contribution in [0.15, 0.2) is 29.6 Å². The van der Waals surface area contributed by atoms with Crippen LogP contribution < -0.4 is 10.1 Å². The number of carbonyl (C=O) groups excluding carboxylic acids is 2. The molecule has 1 atom stereocenters. The third kappa shape index (κ3) is 4.40. The van der Waals surface area contributed by atoms with Crippen molar-refractivity contribution >= 4 is 23.2 Å². The standard InChI is InChI=1S/C19H23N3O3S/c1-13-21-15(12-26-13)11-20-19(24)17-7-4-8-22(17)18(23)10-14-5-3-6-16(9-14)25-2/h3,5-6,9,12,17H,4,7-8,10-11H2,1-2H3,(H,20,24). The fraction of sp³-hybridized carbons (Fsp3) is 0.421. The number of ether oxygens (including phenoxy) is 1. The summed E-state index contributed by atoms with van der Waals surface area (Å²) in [5.41, 5.74) is 1.74. The Morgan fingerprint density at radius 3 is 3.00 bits per heavy atom. The third-order valence-electron chi connectivity index (χ3n) is 4.48. The summed E-state index contributed by atoms with van der Waals surface area (Å²) in [6.45, 7) is 2.96. The zero-order valence-corrected chi connectivity index (χ0v) is 15.8. The highest BCUT2D eigenvalue weighted by molar-refractivity contribution is 7.09. The summed E-state index contributed by atoms with van der Waals surface area (Å²) in [4.78, 5) is 31.3. The monoisotopic (exact) mass is 373 g/mol. The van der Waals surface area contributed by atoms with Gasteiger partial charge in [-0.05, 0) is 37.5 Å². The second-order valence-corrected chi connectivity index (χ2v) is 7.41. The van der Waals surface area contributed by atoms with E-state index >= 15 is 0 Å². The molecule has 7 heteroatoms. The number of carbonyl (C=O) groups is 2. The Morgan fingerprint density at radius 2 is 2.27 bits per heavy atom. The molecule has 6 nitrogen and oxygen atoms in total. The first-order valence-electron chi connectivity index (χ1n) is 8.68. The Labute approximate surface area is 157 Å². The Hall–Kier alpha value is -2.41. The molecule has 26 heavy (non-hydrogen) atoms. The molecular formula is C19H23N3O3S. The average molecular weight is 373 g/mol. The Balaban J connectivity index is 1.59. The summed E-state index contributed by atoms with van der Waals surface area (Å²) in [6, 6.07) is 7.07. The fourth-order valence-electron chi connectivity index (χ4n) is 3.18. The van der Waals surface area contributed by atoms with Gasteiger partial charge in [0.15, 0.2) is 0 Å². The zero-order chi connectivity index (χ0) is 18.5. The molecule has 2 amide bonds. The van der Waals surface area contributed by atoms with Gasteiger partial charge in [0.2, 0.25) is 11.8 Å². The van der Waals surface area contributed by atoms with Crippen molar-refractivity contribution in [2.75, 3.05) is 13.7 Å². The van der Waals surface area contributed by atoms with E-state index in [0.29, 0.717) is 19.5 Å². The zero-order valence-electron chi connectivity index (χ0n) is 15.0. The molecule has 0 aliphatic carbocycles. The summed E-state index contributed by atoms with van der Waals surface area (Å²) in [5.74, 6) is 0.595. The van der Waals surface area contributed by atoms with Crippen LogP contribution in [0, 0.1) is 6.92 Å². The van der Waals surface area contributed by atoms with Crippen LogP contribution in [-0.2, 0) is 22.6 Å². The Morgan fingerprint density at radius 1 is 1.42 bits per heavy atom. The van der Waals surface area contributed by atoms with Crippen molar-refractivity contribution in [3.63, 3.8) is 0 Å². The normalized spacial score (nSPS) is 16.5. The van der Waals surface area contributed by atoms with Crippen molar-refractivity contribution in [3.05, 3.63) is 45.9 Å². The molecule has 0 radical (unpaired) electrons. The van der Waals surface area contributed by atoms with Crippen LogP contribution >= 0.6 is 11.3 Å². The van der Waals surface area contributed by atoms with Crippen molar-refractivity contribution in [3.8, 4) is 5.75 Å². The molecule has 2 heterocycles. The van der Waals surface area contributed by atoms with Crippen molar-refractivity contribution < 1.29 is 14.3 Å². The molecule has 1 N–H and O–H groups in total. The largest absolute Gasteiger partial charge is 0.497 e. The van der Waals surface area contributed by atoms with Gasteiger partial charge in [-0.2, -0.15) is 0 Å². The van der Waals surface area contributed by atoms with Crippen LogP contribution in [0.2, 0.25) is 0 Å². The van der Waals surface area contributed by atoms with E-state index in [-0.39, 0.29) is 18.2 Å². The van der Waals surface area contributed by atoms with Gasteiger partial charge in [0, 0.05) is 11.9 Å². The van der Waals surface area contributed by atoms with E-state index in [1.807, 2.05) is 36.6 Å². The molecule has 1 saturated heterocycles. The quantitative estimate of drug-likeness (QED) is 0.843. The molecule has 2 aromatic rings. The van der Waals surface area contributed by atoms with Gasteiger partial charge >= 0.3 is 0 Å². The smallest absolute Gasteiger partial charge is 0.243 e. The molecule has 1 aliphatic heterocycles. The number of benzene rings is 1. The predicted molar refractivity (Wildman–Crippen MR) is 100 cm³/mol. The van der Waals surface area contributed by atoms with Gasteiger partial charge in [-0.25, -0.2) is 4.98 Å². The van der Waals surface area contributed by atoms with Crippen molar-refractivity contribution in [2.24, 2.45) is 0 Å². The van der Waals surface area contributed by atoms with Gasteiger partial charge < -0.3 is 15.0 Å². The average Bonchev–Trinajstić information content (AvgIpc) is 3.29. The van der Waals surface area contributed by atoms with Crippen LogP contribution in [0.3, 0.4) is 0 Å². The van der Waals surface area contributed by atoms with Gasteiger partial charge in [-0.1, -0.05) is 12.1 Å². The van der Waals surface area contributed by atoms with E-state index in [2.05, 4.69) is 10.3 Å². The second-order valence-electron chi connectivity index (χ2n) is 6.35. The van der Waals surface area contributed by atoms with E-state index in [1.165, 1.54) is 0 Å². The fourth-order valence-corrected chi connectivity index (χ4v) is 3.79. The number of hydrogen-bond donors (Lipinski definition) is 1. The van der Waals surface area contributed by atoms with Crippen LogP contribution in [0.1, 0.15) is 29.1 Å². The van der Waals surface area contributed by atoms with E-state index < -0.39 is 6.04 Å². The highest BCUT2D eigenvalue weighted by atomic mass is 32.1. The Kier molecular flexibility index (Phi) is 5.88. The maximum absolute atomic E-state index is 12.7. The number of nitrogens with one attached hydrogen (secondary N) is 1. The predicted octanol–water partition coefficient (Wildman–Crippen LogP) is 2.31. The van der Waals surface area contributed by atoms with Crippen LogP contribution in [-0.4, -0.2) is 41.4 Å². The van der Waals surface area contributed by atoms with E-state index in [9.17, 15) is 9.59 Å². The topological polar surface area (TPSA) is 71.5 Å². The first-order chi connectivity index (χ1) is 12.6. The lowest BCUT2D eigenvalue weighted by Gasteiger charge is -2.24. The number of aromatic nitrogens is 1. The SMILES string of the molecule is COc1cccc(CC(=O)N2CCCC2C(=O)NCc2csc(C)n2)c1. The molecule has 0 saturated carbocycles. The molecule has 1 fully saturated rings. The van der Waals surface area contributed by atoms with E-state index in [0.717, 1.165) is 28.4 Å². The summed E-state index contributed by atoms with van der Waals surface area (Å²) in [7, 11) is 1.60. The lowest BCUT2D eigenvalue weighted by molar-refractivity contribution is -0.138. The number of amides is 2. The molecule has 3 rings (SSSR count). The first-order valence-corrected chi connectivity index (χ1v) is 9.56. The first kappa shape index (κ1) is 18.4. The summed E-state index contributed by atoms with van der Waals surface area (Å²) >= 11 is 1.56. The van der Waals surface area contributed by atoms with Crippen LogP contribution in [0.5, 0.6) is 5.75 Å². The molecule has 138 valence electrons. The highest BCUT2D eigenvalue weighted by Gasteiger charge is 2.33. The van der Waals surface area contributed by atoms with Gasteiger partial charge in [0.1, 0.15) is 11.8 Å². The van der Waals surface area contributed by atoms with E-state index in [4.69, 9.17) is 4.74 Å². The third-order valence-corrected chi connectivity index (χ3v) is 5.30. The van der Waals surface area contributed by atoms with Crippen molar-refractivity contribution in [1.82, 2.24) is 15.2 Å². The molecule has 0 bridgehead atoms. The number of nitrogens with zero attached hydrogens (tertiary/aromatic N) is 2. The van der Waals surface area contributed by atoms with Gasteiger partial charge in [0.05, 0.1) is 30.8 Å². The summed E-state index contributed by atoms with van der Waals surface area (Å²) in [5, 5.41) is 5.83. The minimum atomic E-state index is -0.396. The van der Waals surface area contributed by atoms with Crippen LogP contribution in [0.25, 0.3) is 0 Å². The molecule has 0 spiro atoms. The van der Waals surface area contributed by atoms with Gasteiger partial charge in [-0.3, -0.25) is 9.59 Å². The lowest BCUT2D eigenvalue weighted by atomic mass is 10.1. The minimum absolute atomic E-state index is 0.0274. The second kappa shape index (κ2) is 8.31. The summed E-state index contributed by atoms with van der Waals surface area (Å²) < 4.78 is 5.20. The van der Waals surface area contributed by atoms with E-state index in [1.54, 1.807) is 23.3 Å². The Bertz CT molecular complexity index is 790. The number of rotatable bonds is 6. The van der Waals surface area contributed by atoms with Crippen molar-refractivity contribution in [2.45, 2.75) is 38.8 Å². The van der Waals surface area contributed by atoms with Crippen molar-refractivity contribution in [1.29, 1.82) is 0 Å². The molecule has 1 aromatic carbocycles. The molecule has 1 aliphatic rings. The maximum Gasteiger partial charge on any atom is 0.243 e. The minimum Gasteiger partial charge on any atom is -0.497 e. The maximum atomic E-state index is 12.7. The van der Waals surface area contributed by atoms with Gasteiger partial charge in [-0.15, -0.1) is 11.3 Å². The molecule has 1 unspecified atom stereocenters. The van der Waals surface area contributed by atoms with Gasteiger partial charge in [0.25, 0.3) is 0 Å². The number of likely N-dealkylation sites (tertiary alicyclic amines) is 1. The van der Waals surface area contributed by atoms with Crippen LogP contribution in [0.4, 0.5) is 0 Å². The molecular weight excluding hydrogens is 350 g/mol.